The number of nitrogen functional groups attached to an aromatic ring is 1. The number of aromatic carboxylic acids is 1. The molecule has 1 aromatic rings. The van der Waals surface area contributed by atoms with E-state index in [1.807, 2.05) is 0 Å². The van der Waals surface area contributed by atoms with Gasteiger partial charge in [-0.2, -0.15) is 4.98 Å². The number of hydrogen-bond donors (Lipinski definition) is 4. The number of anilines is 1. The van der Waals surface area contributed by atoms with Gasteiger partial charge in [0, 0.05) is 12.6 Å². The molecular formula is C10H13N3O6. The van der Waals surface area contributed by atoms with Crippen LogP contribution < -0.4 is 11.4 Å². The number of aliphatic hydroxyl groups is 2. The smallest absolute Gasteiger partial charge is 0.351 e. The van der Waals surface area contributed by atoms with Gasteiger partial charge in [-0.1, -0.05) is 0 Å². The van der Waals surface area contributed by atoms with Gasteiger partial charge < -0.3 is 25.8 Å². The van der Waals surface area contributed by atoms with E-state index in [4.69, 9.17) is 20.7 Å². The molecule has 1 aromatic heterocycles. The maximum atomic E-state index is 11.7. The fraction of sp³-hybridized carbons (Fsp3) is 0.500. The molecule has 2 rings (SSSR count). The van der Waals surface area contributed by atoms with Gasteiger partial charge in [0.25, 0.3) is 0 Å². The standard InChI is InChI=1S/C10H13N3O6/c11-8-4(9(16)17)2-13(10(18)12-8)7-1-5(15)6(3-14)19-7/h2,5-7,14-15H,1,3H2,(H,16,17)(H2,11,12,18)/t5-,6+,7-/m1/s1. The maximum Gasteiger partial charge on any atom is 0.351 e. The predicted octanol–water partition coefficient (Wildman–Crippen LogP) is -1.84. The van der Waals surface area contributed by atoms with Crippen LogP contribution in [0.15, 0.2) is 11.0 Å². The van der Waals surface area contributed by atoms with Crippen LogP contribution in [-0.2, 0) is 4.74 Å². The zero-order chi connectivity index (χ0) is 14.2. The third kappa shape index (κ3) is 2.43. The lowest BCUT2D eigenvalue weighted by atomic mass is 10.2. The number of hydrogen-bond acceptors (Lipinski definition) is 7. The van der Waals surface area contributed by atoms with Crippen LogP contribution in [0.3, 0.4) is 0 Å². The molecule has 2 heterocycles. The summed E-state index contributed by atoms with van der Waals surface area (Å²) in [4.78, 5) is 26.0. The predicted molar refractivity (Wildman–Crippen MR) is 61.5 cm³/mol. The Morgan fingerprint density at radius 3 is 2.84 bits per heavy atom. The topological polar surface area (TPSA) is 148 Å². The van der Waals surface area contributed by atoms with Gasteiger partial charge in [-0.15, -0.1) is 0 Å². The van der Waals surface area contributed by atoms with Crippen molar-refractivity contribution in [3.8, 4) is 0 Å². The number of rotatable bonds is 3. The van der Waals surface area contributed by atoms with Gasteiger partial charge in [0.1, 0.15) is 23.7 Å². The molecule has 0 bridgehead atoms. The second kappa shape index (κ2) is 4.96. The molecule has 0 saturated carbocycles. The first-order valence-corrected chi connectivity index (χ1v) is 5.50. The summed E-state index contributed by atoms with van der Waals surface area (Å²) < 4.78 is 6.20. The van der Waals surface area contributed by atoms with Crippen LogP contribution >= 0.6 is 0 Å². The summed E-state index contributed by atoms with van der Waals surface area (Å²) in [5, 5.41) is 27.4. The monoisotopic (exact) mass is 271 g/mol. The molecule has 3 atom stereocenters. The molecule has 0 unspecified atom stereocenters. The average Bonchev–Trinajstić information content (AvgIpc) is 2.69. The summed E-state index contributed by atoms with van der Waals surface area (Å²) >= 11 is 0. The van der Waals surface area contributed by atoms with Gasteiger partial charge in [0.2, 0.25) is 0 Å². The minimum atomic E-state index is -1.32. The highest BCUT2D eigenvalue weighted by Crippen LogP contribution is 2.27. The summed E-state index contributed by atoms with van der Waals surface area (Å²) in [6, 6.07) is 0. The van der Waals surface area contributed by atoms with Gasteiger partial charge in [0.15, 0.2) is 0 Å². The van der Waals surface area contributed by atoms with Gasteiger partial charge in [0.05, 0.1) is 12.7 Å². The van der Waals surface area contributed by atoms with Gasteiger partial charge in [-0.3, -0.25) is 4.57 Å². The van der Waals surface area contributed by atoms with Crippen molar-refractivity contribution < 1.29 is 24.9 Å². The molecule has 0 radical (unpaired) electrons. The van der Waals surface area contributed by atoms with Crippen LogP contribution in [0.25, 0.3) is 0 Å². The highest BCUT2D eigenvalue weighted by Gasteiger charge is 2.35. The molecule has 5 N–H and O–H groups in total. The fourth-order valence-electron chi connectivity index (χ4n) is 1.90. The van der Waals surface area contributed by atoms with Crippen LogP contribution in [0.5, 0.6) is 0 Å². The van der Waals surface area contributed by atoms with Crippen LogP contribution in [0, 0.1) is 0 Å². The van der Waals surface area contributed by atoms with E-state index in [0.717, 1.165) is 10.8 Å². The zero-order valence-electron chi connectivity index (χ0n) is 9.76. The highest BCUT2D eigenvalue weighted by molar-refractivity contribution is 5.92. The van der Waals surface area contributed by atoms with Gasteiger partial charge in [-0.25, -0.2) is 9.59 Å². The van der Waals surface area contributed by atoms with Crippen LogP contribution in [0.2, 0.25) is 0 Å². The number of ether oxygens (including phenoxy) is 1. The Morgan fingerprint density at radius 1 is 1.63 bits per heavy atom. The van der Waals surface area contributed by atoms with E-state index in [9.17, 15) is 14.7 Å². The van der Waals surface area contributed by atoms with Crippen molar-refractivity contribution in [3.05, 3.63) is 22.2 Å². The number of carboxylic acid groups (broad SMARTS) is 1. The van der Waals surface area contributed by atoms with Crippen molar-refractivity contribution in [1.82, 2.24) is 9.55 Å². The zero-order valence-corrected chi connectivity index (χ0v) is 9.76. The summed E-state index contributed by atoms with van der Waals surface area (Å²) in [5.74, 6) is -1.71. The Bertz CT molecular complexity index is 557. The quantitative estimate of drug-likeness (QED) is 0.501. The molecule has 104 valence electrons. The van der Waals surface area contributed by atoms with Gasteiger partial charge >= 0.3 is 11.7 Å². The van der Waals surface area contributed by atoms with E-state index in [-0.39, 0.29) is 17.8 Å². The van der Waals surface area contributed by atoms with E-state index in [1.54, 1.807) is 0 Å². The lowest BCUT2D eigenvalue weighted by molar-refractivity contribution is -0.0459. The first kappa shape index (κ1) is 13.5. The van der Waals surface area contributed by atoms with Crippen molar-refractivity contribution in [2.24, 2.45) is 0 Å². The Labute approximate surface area is 106 Å². The van der Waals surface area contributed by atoms with Crippen molar-refractivity contribution in [1.29, 1.82) is 0 Å². The Kier molecular flexibility index (Phi) is 3.51. The Hall–Kier alpha value is -1.97. The molecule has 9 nitrogen and oxygen atoms in total. The number of aromatic nitrogens is 2. The lowest BCUT2D eigenvalue weighted by Gasteiger charge is -2.15. The van der Waals surface area contributed by atoms with E-state index >= 15 is 0 Å². The van der Waals surface area contributed by atoms with Crippen molar-refractivity contribution in [2.75, 3.05) is 12.3 Å². The summed E-state index contributed by atoms with van der Waals surface area (Å²) in [7, 11) is 0. The summed E-state index contributed by atoms with van der Waals surface area (Å²) in [6.07, 6.45) is -1.57. The molecule has 1 fully saturated rings. The molecule has 0 spiro atoms. The Morgan fingerprint density at radius 2 is 2.32 bits per heavy atom. The minimum Gasteiger partial charge on any atom is -0.478 e. The number of carboxylic acids is 1. The van der Waals surface area contributed by atoms with Gasteiger partial charge in [-0.05, 0) is 0 Å². The summed E-state index contributed by atoms with van der Waals surface area (Å²) in [5.41, 5.74) is 4.23. The third-order valence-electron chi connectivity index (χ3n) is 2.91. The first-order valence-electron chi connectivity index (χ1n) is 5.50. The highest BCUT2D eigenvalue weighted by atomic mass is 16.5. The van der Waals surface area contributed by atoms with E-state index in [2.05, 4.69) is 4.98 Å². The average molecular weight is 271 g/mol. The van der Waals surface area contributed by atoms with E-state index < -0.39 is 36.7 Å². The third-order valence-corrected chi connectivity index (χ3v) is 2.91. The molecule has 1 saturated heterocycles. The molecular weight excluding hydrogens is 258 g/mol. The van der Waals surface area contributed by atoms with Crippen LogP contribution in [-0.4, -0.2) is 49.7 Å². The Balaban J connectivity index is 2.38. The van der Waals surface area contributed by atoms with Crippen molar-refractivity contribution in [3.63, 3.8) is 0 Å². The molecule has 0 aliphatic carbocycles. The first-order chi connectivity index (χ1) is 8.93. The molecule has 19 heavy (non-hydrogen) atoms. The van der Waals surface area contributed by atoms with Crippen LogP contribution in [0.1, 0.15) is 23.0 Å². The van der Waals surface area contributed by atoms with Crippen LogP contribution in [0.4, 0.5) is 5.82 Å². The minimum absolute atomic E-state index is 0.0514. The van der Waals surface area contributed by atoms with Crippen molar-refractivity contribution >= 4 is 11.8 Å². The van der Waals surface area contributed by atoms with Crippen molar-refractivity contribution in [2.45, 2.75) is 24.9 Å². The molecule has 1 aliphatic heterocycles. The lowest BCUT2D eigenvalue weighted by Crippen LogP contribution is -2.30. The summed E-state index contributed by atoms with van der Waals surface area (Å²) in [6.45, 7) is -0.402. The normalized spacial score (nSPS) is 26.5. The molecule has 0 amide bonds. The molecule has 0 aromatic carbocycles. The van der Waals surface area contributed by atoms with E-state index in [1.165, 1.54) is 0 Å². The maximum absolute atomic E-state index is 11.7. The van der Waals surface area contributed by atoms with E-state index in [0.29, 0.717) is 0 Å². The molecule has 9 heteroatoms. The second-order valence-electron chi connectivity index (χ2n) is 4.15. The number of nitrogens with two attached hydrogens (primary N) is 1. The second-order valence-corrected chi connectivity index (χ2v) is 4.15. The number of aliphatic hydroxyl groups excluding tert-OH is 2. The number of nitrogens with zero attached hydrogens (tertiary/aromatic N) is 2. The fourth-order valence-corrected chi connectivity index (χ4v) is 1.90. The number of carbonyl (C=O) groups is 1. The largest absolute Gasteiger partial charge is 0.478 e. The SMILES string of the molecule is Nc1nc(=O)n([C@H]2C[C@@H](O)[C@H](CO)O2)cc1C(=O)O. The molecule has 1 aliphatic rings.